The first-order valence-corrected chi connectivity index (χ1v) is 4.66. The molecule has 0 aliphatic carbocycles. The van der Waals surface area contributed by atoms with Crippen LogP contribution in [0.15, 0.2) is 0 Å². The molecular formula is C9H22N3. The molecule has 3 nitrogen and oxygen atoms in total. The van der Waals surface area contributed by atoms with Gasteiger partial charge in [0.25, 0.3) is 0 Å². The van der Waals surface area contributed by atoms with Crippen LogP contribution in [0.1, 0.15) is 12.8 Å². The summed E-state index contributed by atoms with van der Waals surface area (Å²) in [7, 11) is 7.92. The summed E-state index contributed by atoms with van der Waals surface area (Å²) >= 11 is 0. The first kappa shape index (κ1) is 11.9. The number of nitrogens with zero attached hydrogens (tertiary/aromatic N) is 1. The molecule has 3 heteroatoms. The van der Waals surface area contributed by atoms with Gasteiger partial charge in [0.15, 0.2) is 0 Å². The third-order valence-corrected chi connectivity index (χ3v) is 1.80. The monoisotopic (exact) mass is 172 g/mol. The van der Waals surface area contributed by atoms with Gasteiger partial charge in [-0.05, 0) is 53.1 Å². The zero-order valence-electron chi connectivity index (χ0n) is 8.40. The third-order valence-electron chi connectivity index (χ3n) is 1.80. The predicted octanol–water partition coefficient (Wildman–Crippen LogP) is 0.299. The van der Waals surface area contributed by atoms with Crippen LogP contribution < -0.4 is 10.6 Å². The average Bonchev–Trinajstić information content (AvgIpc) is 2.06. The predicted molar refractivity (Wildman–Crippen MR) is 54.0 cm³/mol. The van der Waals surface area contributed by atoms with Crippen LogP contribution in [-0.2, 0) is 0 Å². The molecule has 0 aromatic rings. The highest BCUT2D eigenvalue weighted by Gasteiger charge is 1.96. The molecule has 0 heterocycles. The highest BCUT2D eigenvalue weighted by Crippen LogP contribution is 1.90. The van der Waals surface area contributed by atoms with Crippen molar-refractivity contribution in [1.82, 2.24) is 15.5 Å². The van der Waals surface area contributed by atoms with Gasteiger partial charge in [0.05, 0.1) is 0 Å². The van der Waals surface area contributed by atoms with Crippen LogP contribution in [-0.4, -0.2) is 45.2 Å². The molecule has 0 aromatic heterocycles. The van der Waals surface area contributed by atoms with Crippen molar-refractivity contribution >= 4 is 0 Å². The molecule has 12 heavy (non-hydrogen) atoms. The van der Waals surface area contributed by atoms with E-state index in [2.05, 4.69) is 22.6 Å². The van der Waals surface area contributed by atoms with Gasteiger partial charge in [-0.25, -0.2) is 0 Å². The van der Waals surface area contributed by atoms with Gasteiger partial charge in [-0.15, -0.1) is 0 Å². The van der Waals surface area contributed by atoms with E-state index in [-0.39, 0.29) is 0 Å². The van der Waals surface area contributed by atoms with Gasteiger partial charge in [-0.3, -0.25) is 0 Å². The maximum absolute atomic E-state index is 3.96. The Balaban J connectivity index is 3.04. The fourth-order valence-electron chi connectivity index (χ4n) is 1.07. The molecule has 0 atom stereocenters. The van der Waals surface area contributed by atoms with E-state index in [9.17, 15) is 0 Å². The molecule has 0 bridgehead atoms. The van der Waals surface area contributed by atoms with E-state index >= 15 is 0 Å². The van der Waals surface area contributed by atoms with E-state index < -0.39 is 0 Å². The van der Waals surface area contributed by atoms with Gasteiger partial charge in [-0.1, -0.05) is 0 Å². The highest BCUT2D eigenvalue weighted by molar-refractivity contribution is 4.57. The zero-order chi connectivity index (χ0) is 9.23. The fraction of sp³-hybridized carbons (Fsp3) is 0.889. The molecule has 0 aliphatic heterocycles. The first-order valence-electron chi connectivity index (χ1n) is 4.66. The summed E-state index contributed by atoms with van der Waals surface area (Å²) in [6.45, 7) is 4.34. The largest absolute Gasteiger partial charge is 0.320 e. The maximum atomic E-state index is 3.96. The first-order chi connectivity index (χ1) is 5.81. The van der Waals surface area contributed by atoms with E-state index in [1.807, 2.05) is 14.1 Å². The second-order valence-corrected chi connectivity index (χ2v) is 3.03. The van der Waals surface area contributed by atoms with Crippen LogP contribution >= 0.6 is 0 Å². The zero-order valence-corrected chi connectivity index (χ0v) is 8.40. The van der Waals surface area contributed by atoms with Crippen molar-refractivity contribution < 1.29 is 0 Å². The van der Waals surface area contributed by atoms with Crippen molar-refractivity contribution in [3.8, 4) is 0 Å². The van der Waals surface area contributed by atoms with Crippen molar-refractivity contribution in [1.29, 1.82) is 0 Å². The van der Waals surface area contributed by atoms with Gasteiger partial charge < -0.3 is 15.5 Å². The Kier molecular flexibility index (Phi) is 8.88. The molecule has 2 N–H and O–H groups in total. The lowest BCUT2D eigenvalue weighted by atomic mass is 10.3. The SMILES string of the molecule is [CH2]N(CCCNC)CCCNC. The normalized spacial score (nSPS) is 11.0. The van der Waals surface area contributed by atoms with Gasteiger partial charge in [0, 0.05) is 7.05 Å². The summed E-state index contributed by atoms with van der Waals surface area (Å²) in [4.78, 5) is 2.13. The van der Waals surface area contributed by atoms with Crippen LogP contribution in [0, 0.1) is 7.05 Å². The molecule has 0 saturated heterocycles. The minimum atomic E-state index is 1.08. The minimum absolute atomic E-state index is 1.08. The molecular weight excluding hydrogens is 150 g/mol. The summed E-state index contributed by atoms with van der Waals surface area (Å²) < 4.78 is 0. The molecule has 1 radical (unpaired) electrons. The number of rotatable bonds is 8. The lowest BCUT2D eigenvalue weighted by Crippen LogP contribution is -2.24. The second kappa shape index (κ2) is 8.97. The summed E-state index contributed by atoms with van der Waals surface area (Å²) in [6.07, 6.45) is 2.36. The van der Waals surface area contributed by atoms with Crippen molar-refractivity contribution in [2.75, 3.05) is 40.3 Å². The van der Waals surface area contributed by atoms with Crippen molar-refractivity contribution in [2.45, 2.75) is 12.8 Å². The smallest absolute Gasteiger partial charge is 0.0109 e. The van der Waals surface area contributed by atoms with E-state index in [0.29, 0.717) is 0 Å². The van der Waals surface area contributed by atoms with E-state index in [1.54, 1.807) is 0 Å². The van der Waals surface area contributed by atoms with Crippen LogP contribution in [0.3, 0.4) is 0 Å². The van der Waals surface area contributed by atoms with Gasteiger partial charge in [-0.2, -0.15) is 0 Å². The van der Waals surface area contributed by atoms with E-state index in [4.69, 9.17) is 0 Å². The van der Waals surface area contributed by atoms with Crippen LogP contribution in [0.5, 0.6) is 0 Å². The third kappa shape index (κ3) is 7.98. The van der Waals surface area contributed by atoms with E-state index in [0.717, 1.165) is 26.2 Å². The Labute approximate surface area is 76.5 Å². The van der Waals surface area contributed by atoms with Gasteiger partial charge in [0.1, 0.15) is 0 Å². The van der Waals surface area contributed by atoms with E-state index in [1.165, 1.54) is 12.8 Å². The molecule has 0 rings (SSSR count). The molecule has 0 aromatic carbocycles. The standard InChI is InChI=1S/C9H22N3/c1-10-6-4-8-12(3)9-5-7-11-2/h10-11H,3-9H2,1-2H3. The Morgan fingerprint density at radius 2 is 1.42 bits per heavy atom. The molecule has 0 fully saturated rings. The summed E-state index contributed by atoms with van der Waals surface area (Å²) in [5.41, 5.74) is 0. The van der Waals surface area contributed by atoms with Crippen molar-refractivity contribution in [3.63, 3.8) is 0 Å². The van der Waals surface area contributed by atoms with Crippen LogP contribution in [0.25, 0.3) is 0 Å². The molecule has 0 saturated carbocycles. The Bertz CT molecular complexity index is 75.8. The molecule has 0 aliphatic rings. The summed E-state index contributed by atoms with van der Waals surface area (Å²) in [5.74, 6) is 0. The fourth-order valence-corrected chi connectivity index (χ4v) is 1.07. The molecule has 0 unspecified atom stereocenters. The lowest BCUT2D eigenvalue weighted by molar-refractivity contribution is 0.355. The summed E-state index contributed by atoms with van der Waals surface area (Å²) in [5, 5.41) is 6.25. The lowest BCUT2D eigenvalue weighted by Gasteiger charge is -2.15. The van der Waals surface area contributed by atoms with Crippen molar-refractivity contribution in [2.24, 2.45) is 0 Å². The average molecular weight is 172 g/mol. The van der Waals surface area contributed by atoms with Crippen LogP contribution in [0.2, 0.25) is 0 Å². The Morgan fingerprint density at radius 3 is 1.75 bits per heavy atom. The van der Waals surface area contributed by atoms with Crippen molar-refractivity contribution in [3.05, 3.63) is 7.05 Å². The van der Waals surface area contributed by atoms with Gasteiger partial charge >= 0.3 is 0 Å². The second-order valence-electron chi connectivity index (χ2n) is 3.03. The molecule has 0 spiro atoms. The van der Waals surface area contributed by atoms with Crippen LogP contribution in [0.4, 0.5) is 0 Å². The summed E-state index contributed by atoms with van der Waals surface area (Å²) in [6, 6.07) is 0. The number of hydrogen-bond acceptors (Lipinski definition) is 3. The number of nitrogens with one attached hydrogen (secondary N) is 2. The van der Waals surface area contributed by atoms with Gasteiger partial charge in [0.2, 0.25) is 0 Å². The maximum Gasteiger partial charge on any atom is 0.0109 e. The Morgan fingerprint density at radius 1 is 1.00 bits per heavy atom. The topological polar surface area (TPSA) is 27.3 Å². The molecule has 73 valence electrons. The molecule has 0 amide bonds. The number of hydrogen-bond donors (Lipinski definition) is 2. The quantitative estimate of drug-likeness (QED) is 0.516. The highest BCUT2D eigenvalue weighted by atomic mass is 15.1. The minimum Gasteiger partial charge on any atom is -0.320 e. The Hall–Kier alpha value is -0.120.